The zero-order valence-corrected chi connectivity index (χ0v) is 12.3. The predicted octanol–water partition coefficient (Wildman–Crippen LogP) is 3.67. The predicted molar refractivity (Wildman–Crippen MR) is 83.2 cm³/mol. The number of nitrogens with two attached hydrogens (primary N) is 1. The molecule has 0 aliphatic heterocycles. The molecule has 0 unspecified atom stereocenters. The largest absolute Gasteiger partial charge is 0.381 e. The Labute approximate surface area is 123 Å². The van der Waals surface area contributed by atoms with E-state index in [4.69, 9.17) is 17.3 Å². The molecule has 0 spiro atoms. The molecule has 0 fully saturated rings. The average Bonchev–Trinajstić information content (AvgIpc) is 2.39. The van der Waals surface area contributed by atoms with E-state index in [2.05, 4.69) is 5.32 Å². The van der Waals surface area contributed by atoms with Crippen molar-refractivity contribution in [1.82, 2.24) is 0 Å². The highest BCUT2D eigenvalue weighted by atomic mass is 35.5. The first-order valence-corrected chi connectivity index (χ1v) is 6.75. The van der Waals surface area contributed by atoms with Gasteiger partial charge in [0.1, 0.15) is 0 Å². The van der Waals surface area contributed by atoms with Gasteiger partial charge in [0.15, 0.2) is 0 Å². The number of hydrogen-bond acceptors (Lipinski definition) is 2. The maximum Gasteiger partial charge on any atom is 0.249 e. The molecule has 0 atom stereocenters. The molecule has 3 nitrogen and oxygen atoms in total. The lowest BCUT2D eigenvalue weighted by Gasteiger charge is -2.13. The molecule has 0 aliphatic rings. The number of halogens is 1. The van der Waals surface area contributed by atoms with Gasteiger partial charge in [-0.1, -0.05) is 23.7 Å². The van der Waals surface area contributed by atoms with Gasteiger partial charge in [0.05, 0.1) is 0 Å². The van der Waals surface area contributed by atoms with Crippen LogP contribution >= 0.6 is 11.6 Å². The molecule has 1 amide bonds. The summed E-state index contributed by atoms with van der Waals surface area (Å²) in [5.74, 6) is -0.408. The molecule has 2 rings (SSSR count). The number of hydrogen-bond donors (Lipinski definition) is 2. The van der Waals surface area contributed by atoms with Crippen LogP contribution in [-0.2, 0) is 6.54 Å². The van der Waals surface area contributed by atoms with E-state index < -0.39 is 5.91 Å². The number of primary amides is 1. The third-order valence-electron chi connectivity index (χ3n) is 3.37. The summed E-state index contributed by atoms with van der Waals surface area (Å²) in [6.45, 7) is 4.58. The van der Waals surface area contributed by atoms with E-state index in [1.165, 1.54) is 5.56 Å². The molecule has 0 saturated heterocycles. The third-order valence-corrected chi connectivity index (χ3v) is 3.61. The van der Waals surface area contributed by atoms with E-state index in [-0.39, 0.29) is 0 Å². The standard InChI is InChI=1S/C16H17ClN2O/c1-10-8-13(17)7-6-12(10)9-19-15-5-3-4-14(11(15)2)16(18)20/h3-8,19H,9H2,1-2H3,(H2,18,20). The van der Waals surface area contributed by atoms with Gasteiger partial charge in [-0.3, -0.25) is 4.79 Å². The minimum absolute atomic E-state index is 0.408. The molecule has 2 aromatic carbocycles. The van der Waals surface area contributed by atoms with Gasteiger partial charge in [0, 0.05) is 22.8 Å². The normalized spacial score (nSPS) is 10.3. The average molecular weight is 289 g/mol. The fourth-order valence-corrected chi connectivity index (χ4v) is 2.37. The molecule has 4 heteroatoms. The van der Waals surface area contributed by atoms with Gasteiger partial charge < -0.3 is 11.1 Å². The first-order chi connectivity index (χ1) is 9.49. The van der Waals surface area contributed by atoms with Crippen molar-refractivity contribution in [1.29, 1.82) is 0 Å². The summed E-state index contributed by atoms with van der Waals surface area (Å²) in [4.78, 5) is 11.3. The number of anilines is 1. The summed E-state index contributed by atoms with van der Waals surface area (Å²) in [6.07, 6.45) is 0. The van der Waals surface area contributed by atoms with E-state index in [0.29, 0.717) is 12.1 Å². The number of aryl methyl sites for hydroxylation is 1. The van der Waals surface area contributed by atoms with Gasteiger partial charge in [-0.25, -0.2) is 0 Å². The Balaban J connectivity index is 2.19. The second kappa shape index (κ2) is 5.97. The number of carbonyl (C=O) groups excluding carboxylic acids is 1. The number of amides is 1. The molecule has 2 aromatic rings. The van der Waals surface area contributed by atoms with Crippen molar-refractivity contribution in [3.8, 4) is 0 Å². The van der Waals surface area contributed by atoms with Crippen LogP contribution in [0.25, 0.3) is 0 Å². The van der Waals surface area contributed by atoms with Crippen LogP contribution in [0.3, 0.4) is 0 Å². The molecule has 0 radical (unpaired) electrons. The summed E-state index contributed by atoms with van der Waals surface area (Å²) in [7, 11) is 0. The van der Waals surface area contributed by atoms with Crippen molar-refractivity contribution in [2.45, 2.75) is 20.4 Å². The monoisotopic (exact) mass is 288 g/mol. The lowest BCUT2D eigenvalue weighted by atomic mass is 10.1. The highest BCUT2D eigenvalue weighted by Crippen LogP contribution is 2.21. The highest BCUT2D eigenvalue weighted by molar-refractivity contribution is 6.30. The Hall–Kier alpha value is -2.00. The van der Waals surface area contributed by atoms with Gasteiger partial charge in [0.2, 0.25) is 5.91 Å². The summed E-state index contributed by atoms with van der Waals surface area (Å²) in [6, 6.07) is 11.3. The third kappa shape index (κ3) is 3.11. The summed E-state index contributed by atoms with van der Waals surface area (Å²) in [5.41, 5.74) is 9.97. The SMILES string of the molecule is Cc1cc(Cl)ccc1CNc1cccc(C(N)=O)c1C. The van der Waals surface area contributed by atoms with Crippen LogP contribution in [0.1, 0.15) is 27.0 Å². The van der Waals surface area contributed by atoms with Crippen LogP contribution < -0.4 is 11.1 Å². The highest BCUT2D eigenvalue weighted by Gasteiger charge is 2.08. The second-order valence-electron chi connectivity index (χ2n) is 4.77. The molecule has 20 heavy (non-hydrogen) atoms. The molecule has 0 bridgehead atoms. The molecule has 0 heterocycles. The van der Waals surface area contributed by atoms with Crippen LogP contribution in [0.4, 0.5) is 5.69 Å². The Kier molecular flexibility index (Phi) is 4.30. The Morgan fingerprint density at radius 2 is 2.00 bits per heavy atom. The van der Waals surface area contributed by atoms with E-state index in [1.54, 1.807) is 6.07 Å². The van der Waals surface area contributed by atoms with Gasteiger partial charge >= 0.3 is 0 Å². The van der Waals surface area contributed by atoms with E-state index in [0.717, 1.165) is 21.8 Å². The van der Waals surface area contributed by atoms with E-state index >= 15 is 0 Å². The Morgan fingerprint density at radius 1 is 1.25 bits per heavy atom. The molecular formula is C16H17ClN2O. The lowest BCUT2D eigenvalue weighted by Crippen LogP contribution is -2.14. The van der Waals surface area contributed by atoms with Crippen LogP contribution in [0.5, 0.6) is 0 Å². The minimum Gasteiger partial charge on any atom is -0.381 e. The van der Waals surface area contributed by atoms with Crippen LogP contribution in [0.15, 0.2) is 36.4 Å². The van der Waals surface area contributed by atoms with E-state index in [9.17, 15) is 4.79 Å². The molecular weight excluding hydrogens is 272 g/mol. The van der Waals surface area contributed by atoms with Crippen molar-refractivity contribution in [2.24, 2.45) is 5.73 Å². The molecule has 3 N–H and O–H groups in total. The maximum absolute atomic E-state index is 11.3. The van der Waals surface area contributed by atoms with Gasteiger partial charge in [-0.2, -0.15) is 0 Å². The number of carbonyl (C=O) groups is 1. The van der Waals surface area contributed by atoms with Crippen molar-refractivity contribution >= 4 is 23.2 Å². The maximum atomic E-state index is 11.3. The van der Waals surface area contributed by atoms with Crippen LogP contribution in [0, 0.1) is 13.8 Å². The quantitative estimate of drug-likeness (QED) is 0.902. The topological polar surface area (TPSA) is 55.1 Å². The summed E-state index contributed by atoms with van der Waals surface area (Å²) < 4.78 is 0. The van der Waals surface area contributed by atoms with Gasteiger partial charge in [-0.05, 0) is 54.8 Å². The van der Waals surface area contributed by atoms with Crippen molar-refractivity contribution in [3.05, 3.63) is 63.7 Å². The van der Waals surface area contributed by atoms with Crippen molar-refractivity contribution < 1.29 is 4.79 Å². The van der Waals surface area contributed by atoms with Gasteiger partial charge in [-0.15, -0.1) is 0 Å². The lowest BCUT2D eigenvalue weighted by molar-refractivity contribution is 0.1000. The molecule has 0 aromatic heterocycles. The Bertz CT molecular complexity index is 653. The second-order valence-corrected chi connectivity index (χ2v) is 5.20. The fraction of sp³-hybridized carbons (Fsp3) is 0.188. The van der Waals surface area contributed by atoms with Crippen molar-refractivity contribution in [3.63, 3.8) is 0 Å². The first kappa shape index (κ1) is 14.4. The molecule has 104 valence electrons. The number of nitrogens with one attached hydrogen (secondary N) is 1. The number of rotatable bonds is 4. The Morgan fingerprint density at radius 3 is 2.65 bits per heavy atom. The molecule has 0 aliphatic carbocycles. The van der Waals surface area contributed by atoms with Crippen molar-refractivity contribution in [2.75, 3.05) is 5.32 Å². The fourth-order valence-electron chi connectivity index (χ4n) is 2.14. The smallest absolute Gasteiger partial charge is 0.249 e. The zero-order valence-electron chi connectivity index (χ0n) is 11.5. The zero-order chi connectivity index (χ0) is 14.7. The minimum atomic E-state index is -0.408. The summed E-state index contributed by atoms with van der Waals surface area (Å²) >= 11 is 5.94. The number of benzene rings is 2. The molecule has 0 saturated carbocycles. The van der Waals surface area contributed by atoms with E-state index in [1.807, 2.05) is 44.2 Å². The summed E-state index contributed by atoms with van der Waals surface area (Å²) in [5, 5.41) is 4.07. The van der Waals surface area contributed by atoms with Crippen LogP contribution in [-0.4, -0.2) is 5.91 Å². The van der Waals surface area contributed by atoms with Gasteiger partial charge in [0.25, 0.3) is 0 Å². The first-order valence-electron chi connectivity index (χ1n) is 6.37. The van der Waals surface area contributed by atoms with Crippen LogP contribution in [0.2, 0.25) is 5.02 Å².